The Bertz CT molecular complexity index is 471. The van der Waals surface area contributed by atoms with Crippen molar-refractivity contribution in [3.63, 3.8) is 0 Å². The number of nitro groups is 1. The summed E-state index contributed by atoms with van der Waals surface area (Å²) in [5.41, 5.74) is 2.08. The maximum atomic E-state index is 10.8. The molecule has 2 rings (SSSR count). The van der Waals surface area contributed by atoms with E-state index in [1.54, 1.807) is 13.1 Å². The lowest BCUT2D eigenvalue weighted by Gasteiger charge is -2.09. The molecule has 0 amide bonds. The number of hydrogen-bond acceptors (Lipinski definition) is 4. The number of hydrogen-bond donors (Lipinski definition) is 2. The van der Waals surface area contributed by atoms with Gasteiger partial charge in [-0.25, -0.2) is 0 Å². The molecule has 1 unspecified atom stereocenters. The van der Waals surface area contributed by atoms with Gasteiger partial charge in [0, 0.05) is 37.1 Å². The third-order valence-corrected chi connectivity index (χ3v) is 3.69. The van der Waals surface area contributed by atoms with Crippen molar-refractivity contribution in [1.82, 2.24) is 0 Å². The lowest BCUT2D eigenvalue weighted by molar-refractivity contribution is -0.384. The van der Waals surface area contributed by atoms with Gasteiger partial charge in [-0.05, 0) is 23.8 Å². The smallest absolute Gasteiger partial charge is 0.273 e. The van der Waals surface area contributed by atoms with Crippen molar-refractivity contribution in [3.05, 3.63) is 28.3 Å². The first-order valence-corrected chi connectivity index (χ1v) is 6.13. The highest BCUT2D eigenvalue weighted by Gasteiger charge is 2.44. The third-order valence-electron chi connectivity index (χ3n) is 3.69. The number of anilines is 2. The van der Waals surface area contributed by atoms with Crippen LogP contribution in [0, 0.1) is 21.4 Å². The maximum absolute atomic E-state index is 10.8. The van der Waals surface area contributed by atoms with Gasteiger partial charge in [0.25, 0.3) is 5.69 Å². The first-order valence-electron chi connectivity index (χ1n) is 6.13. The van der Waals surface area contributed by atoms with E-state index in [0.717, 1.165) is 17.9 Å². The minimum Gasteiger partial charge on any atom is -0.388 e. The van der Waals surface area contributed by atoms with Crippen LogP contribution < -0.4 is 10.6 Å². The molecular weight excluding hydrogens is 230 g/mol. The summed E-state index contributed by atoms with van der Waals surface area (Å²) in [4.78, 5) is 10.5. The molecule has 5 nitrogen and oxygen atoms in total. The molecule has 1 atom stereocenters. The van der Waals surface area contributed by atoms with E-state index in [0.29, 0.717) is 11.3 Å². The Labute approximate surface area is 107 Å². The summed E-state index contributed by atoms with van der Waals surface area (Å²) in [6.45, 7) is 5.36. The summed E-state index contributed by atoms with van der Waals surface area (Å²) >= 11 is 0. The Morgan fingerprint density at radius 1 is 1.39 bits per heavy atom. The molecule has 98 valence electrons. The Morgan fingerprint density at radius 3 is 2.50 bits per heavy atom. The fraction of sp³-hybridized carbons (Fsp3) is 0.538. The lowest BCUT2D eigenvalue weighted by atomic mass is 10.1. The van der Waals surface area contributed by atoms with E-state index in [4.69, 9.17) is 0 Å². The van der Waals surface area contributed by atoms with Crippen molar-refractivity contribution < 1.29 is 4.92 Å². The Kier molecular flexibility index (Phi) is 3.15. The van der Waals surface area contributed by atoms with Crippen LogP contribution >= 0.6 is 0 Å². The van der Waals surface area contributed by atoms with Gasteiger partial charge in [0.05, 0.1) is 4.92 Å². The van der Waals surface area contributed by atoms with Crippen molar-refractivity contribution in [2.75, 3.05) is 24.2 Å². The lowest BCUT2D eigenvalue weighted by Crippen LogP contribution is -2.07. The summed E-state index contributed by atoms with van der Waals surface area (Å²) in [6.07, 6.45) is 1.22. The second-order valence-electron chi connectivity index (χ2n) is 5.55. The predicted octanol–water partition coefficient (Wildman–Crippen LogP) is 3.09. The van der Waals surface area contributed by atoms with Crippen LogP contribution in [0.1, 0.15) is 20.3 Å². The van der Waals surface area contributed by atoms with E-state index in [1.807, 2.05) is 6.07 Å². The van der Waals surface area contributed by atoms with Crippen molar-refractivity contribution >= 4 is 17.1 Å². The van der Waals surface area contributed by atoms with Gasteiger partial charge in [0.15, 0.2) is 0 Å². The molecule has 0 radical (unpaired) electrons. The molecule has 0 spiro atoms. The van der Waals surface area contributed by atoms with E-state index >= 15 is 0 Å². The van der Waals surface area contributed by atoms with Crippen molar-refractivity contribution in [2.24, 2.45) is 11.3 Å². The zero-order chi connectivity index (χ0) is 13.3. The molecule has 0 aromatic heterocycles. The van der Waals surface area contributed by atoms with E-state index in [2.05, 4.69) is 24.5 Å². The van der Waals surface area contributed by atoms with Gasteiger partial charge in [-0.3, -0.25) is 10.1 Å². The number of non-ortho nitro benzene ring substituents is 1. The normalized spacial score (nSPS) is 20.3. The molecule has 0 bridgehead atoms. The fourth-order valence-electron chi connectivity index (χ4n) is 2.13. The maximum Gasteiger partial charge on any atom is 0.273 e. The zero-order valence-corrected chi connectivity index (χ0v) is 11.0. The Hall–Kier alpha value is -1.78. The summed E-state index contributed by atoms with van der Waals surface area (Å²) in [6, 6.07) is 5.00. The highest BCUT2D eigenvalue weighted by atomic mass is 16.6. The molecule has 0 saturated heterocycles. The summed E-state index contributed by atoms with van der Waals surface area (Å²) < 4.78 is 0. The highest BCUT2D eigenvalue weighted by molar-refractivity contribution is 5.63. The second-order valence-corrected chi connectivity index (χ2v) is 5.55. The molecule has 1 aromatic carbocycles. The summed E-state index contributed by atoms with van der Waals surface area (Å²) in [5.74, 6) is 0.662. The van der Waals surface area contributed by atoms with Crippen LogP contribution in [0.15, 0.2) is 18.2 Å². The van der Waals surface area contributed by atoms with Gasteiger partial charge in [-0.1, -0.05) is 13.8 Å². The van der Waals surface area contributed by atoms with Crippen LogP contribution in [0.4, 0.5) is 17.1 Å². The van der Waals surface area contributed by atoms with Crippen molar-refractivity contribution in [3.8, 4) is 0 Å². The molecule has 1 fully saturated rings. The van der Waals surface area contributed by atoms with E-state index in [1.165, 1.54) is 12.5 Å². The molecule has 0 heterocycles. The SMILES string of the molecule is CNc1cc(NCC2CC2(C)C)cc([N+](=O)[O-])c1. The van der Waals surface area contributed by atoms with E-state index in [-0.39, 0.29) is 10.6 Å². The topological polar surface area (TPSA) is 67.2 Å². The van der Waals surface area contributed by atoms with Crippen molar-refractivity contribution in [2.45, 2.75) is 20.3 Å². The number of benzene rings is 1. The number of nitro benzene ring substituents is 1. The average molecular weight is 249 g/mol. The number of nitrogens with zero attached hydrogens (tertiary/aromatic N) is 1. The van der Waals surface area contributed by atoms with Gasteiger partial charge < -0.3 is 10.6 Å². The molecule has 1 aliphatic carbocycles. The molecule has 1 aromatic rings. The largest absolute Gasteiger partial charge is 0.388 e. The molecule has 1 saturated carbocycles. The quantitative estimate of drug-likeness (QED) is 0.621. The average Bonchev–Trinajstić information content (AvgIpc) is 2.94. The first-order chi connectivity index (χ1) is 8.42. The predicted molar refractivity (Wildman–Crippen MR) is 73.0 cm³/mol. The van der Waals surface area contributed by atoms with Gasteiger partial charge in [-0.2, -0.15) is 0 Å². The molecule has 18 heavy (non-hydrogen) atoms. The van der Waals surface area contributed by atoms with Gasteiger partial charge in [0.1, 0.15) is 0 Å². The Morgan fingerprint density at radius 2 is 2.00 bits per heavy atom. The van der Waals surface area contributed by atoms with E-state index < -0.39 is 0 Å². The second kappa shape index (κ2) is 4.48. The molecule has 1 aliphatic rings. The number of nitrogens with one attached hydrogen (secondary N) is 2. The minimum absolute atomic E-state index is 0.111. The van der Waals surface area contributed by atoms with E-state index in [9.17, 15) is 10.1 Å². The summed E-state index contributed by atoms with van der Waals surface area (Å²) in [5, 5.41) is 17.1. The first kappa shape index (κ1) is 12.7. The molecular formula is C13H19N3O2. The van der Waals surface area contributed by atoms with Gasteiger partial charge in [-0.15, -0.1) is 0 Å². The van der Waals surface area contributed by atoms with Crippen LogP contribution in [0.25, 0.3) is 0 Å². The van der Waals surface area contributed by atoms with Crippen LogP contribution in [0.3, 0.4) is 0 Å². The Balaban J connectivity index is 2.07. The standard InChI is InChI=1S/C13H19N3O2/c1-13(2)7-9(13)8-15-11-4-10(14-3)5-12(6-11)16(17)18/h4-6,9,14-15H,7-8H2,1-3H3. The third kappa shape index (κ3) is 2.72. The van der Waals surface area contributed by atoms with Crippen LogP contribution in [0.5, 0.6) is 0 Å². The number of rotatable bonds is 5. The monoisotopic (exact) mass is 249 g/mol. The molecule has 0 aliphatic heterocycles. The molecule has 2 N–H and O–H groups in total. The fourth-order valence-corrected chi connectivity index (χ4v) is 2.13. The van der Waals surface area contributed by atoms with Crippen molar-refractivity contribution in [1.29, 1.82) is 0 Å². The molecule has 5 heteroatoms. The van der Waals surface area contributed by atoms with Crippen LogP contribution in [-0.4, -0.2) is 18.5 Å². The van der Waals surface area contributed by atoms with Gasteiger partial charge in [0.2, 0.25) is 0 Å². The highest BCUT2D eigenvalue weighted by Crippen LogP contribution is 2.51. The van der Waals surface area contributed by atoms with Crippen LogP contribution in [-0.2, 0) is 0 Å². The summed E-state index contributed by atoms with van der Waals surface area (Å²) in [7, 11) is 1.76. The van der Waals surface area contributed by atoms with Crippen LogP contribution in [0.2, 0.25) is 0 Å². The van der Waals surface area contributed by atoms with Gasteiger partial charge >= 0.3 is 0 Å². The zero-order valence-electron chi connectivity index (χ0n) is 11.0. The minimum atomic E-state index is -0.368.